The number of ether oxygens (including phenoxy) is 1. The third kappa shape index (κ3) is 4.79. The van der Waals surface area contributed by atoms with E-state index in [1.54, 1.807) is 0 Å². The maximum atomic E-state index is 11.1. The van der Waals surface area contributed by atoms with Crippen molar-refractivity contribution in [2.24, 2.45) is 5.41 Å². The molecule has 3 heteroatoms. The van der Waals surface area contributed by atoms with E-state index in [2.05, 4.69) is 5.32 Å². The summed E-state index contributed by atoms with van der Waals surface area (Å²) in [5, 5.41) is 2.90. The molecule has 0 aliphatic rings. The Kier molecular flexibility index (Phi) is 4.11. The van der Waals surface area contributed by atoms with E-state index in [-0.39, 0.29) is 11.4 Å². The molecule has 0 atom stereocenters. The highest BCUT2D eigenvalue weighted by molar-refractivity contribution is 5.75. The second kappa shape index (κ2) is 4.34. The van der Waals surface area contributed by atoms with E-state index in [1.807, 2.05) is 27.8 Å². The van der Waals surface area contributed by atoms with Gasteiger partial charge in [-0.05, 0) is 27.8 Å². The van der Waals surface area contributed by atoms with Gasteiger partial charge in [0.2, 0.25) is 0 Å². The largest absolute Gasteiger partial charge is 0.464 e. The van der Waals surface area contributed by atoms with Gasteiger partial charge in [0.05, 0.1) is 5.41 Å². The predicted octanol–water partition coefficient (Wildman–Crippen LogP) is 0.795. The lowest BCUT2D eigenvalue weighted by atomic mass is 9.97. The number of rotatable bonds is 3. The van der Waals surface area contributed by atoms with Gasteiger partial charge in [-0.15, -0.1) is 0 Å². The van der Waals surface area contributed by atoms with Crippen molar-refractivity contribution in [3.63, 3.8) is 0 Å². The molecule has 0 aliphatic carbocycles. The van der Waals surface area contributed by atoms with Gasteiger partial charge >= 0.3 is 5.97 Å². The molecule has 0 rings (SSSR count). The van der Waals surface area contributed by atoms with Gasteiger partial charge in [0.1, 0.15) is 6.61 Å². The van der Waals surface area contributed by atoms with Crippen LogP contribution in [0.2, 0.25) is 0 Å². The Morgan fingerprint density at radius 1 is 1.45 bits per heavy atom. The number of hydrogen-bond donors (Lipinski definition) is 1. The van der Waals surface area contributed by atoms with Crippen LogP contribution >= 0.6 is 0 Å². The zero-order chi connectivity index (χ0) is 8.91. The molecule has 0 fully saturated rings. The Balaban J connectivity index is 3.54. The first-order chi connectivity index (χ1) is 4.98. The maximum absolute atomic E-state index is 11.1. The topological polar surface area (TPSA) is 38.3 Å². The van der Waals surface area contributed by atoms with E-state index in [9.17, 15) is 4.79 Å². The van der Waals surface area contributed by atoms with Gasteiger partial charge in [-0.25, -0.2) is 0 Å². The number of hydrogen-bond acceptors (Lipinski definition) is 3. The molecule has 0 amide bonds. The molecule has 3 nitrogen and oxygen atoms in total. The SMILES string of the molecule is CNCCOC(=O)C(C)(C)C. The van der Waals surface area contributed by atoms with Gasteiger partial charge in [-0.3, -0.25) is 4.79 Å². The first kappa shape index (κ1) is 10.4. The van der Waals surface area contributed by atoms with E-state index < -0.39 is 0 Å². The molecular weight excluding hydrogens is 142 g/mol. The van der Waals surface area contributed by atoms with Crippen molar-refractivity contribution in [3.05, 3.63) is 0 Å². The van der Waals surface area contributed by atoms with E-state index in [1.165, 1.54) is 0 Å². The number of likely N-dealkylation sites (N-methyl/N-ethyl adjacent to an activating group) is 1. The fourth-order valence-corrected chi connectivity index (χ4v) is 0.462. The van der Waals surface area contributed by atoms with Crippen molar-refractivity contribution in [2.45, 2.75) is 20.8 Å². The molecule has 66 valence electrons. The zero-order valence-corrected chi connectivity index (χ0v) is 7.73. The van der Waals surface area contributed by atoms with Crippen LogP contribution in [0.5, 0.6) is 0 Å². The first-order valence-electron chi connectivity index (χ1n) is 3.80. The van der Waals surface area contributed by atoms with Crippen LogP contribution in [0.25, 0.3) is 0 Å². The maximum Gasteiger partial charge on any atom is 0.311 e. The van der Waals surface area contributed by atoms with E-state index in [0.29, 0.717) is 13.2 Å². The summed E-state index contributed by atoms with van der Waals surface area (Å²) in [7, 11) is 1.82. The molecule has 0 unspecified atom stereocenters. The minimum absolute atomic E-state index is 0.146. The van der Waals surface area contributed by atoms with Crippen molar-refractivity contribution in [2.75, 3.05) is 20.2 Å². The third-order valence-electron chi connectivity index (χ3n) is 1.20. The van der Waals surface area contributed by atoms with Crippen LogP contribution in [0.1, 0.15) is 20.8 Å². The summed E-state index contributed by atoms with van der Waals surface area (Å²) in [5.41, 5.74) is -0.381. The Morgan fingerprint density at radius 3 is 2.36 bits per heavy atom. The van der Waals surface area contributed by atoms with Crippen LogP contribution in [0, 0.1) is 5.41 Å². The van der Waals surface area contributed by atoms with Crippen LogP contribution in [-0.4, -0.2) is 26.2 Å². The highest BCUT2D eigenvalue weighted by Crippen LogP contribution is 2.14. The van der Waals surface area contributed by atoms with Gasteiger partial charge < -0.3 is 10.1 Å². The summed E-state index contributed by atoms with van der Waals surface area (Å²) < 4.78 is 4.95. The summed E-state index contributed by atoms with van der Waals surface area (Å²) in [6, 6.07) is 0. The summed E-state index contributed by atoms with van der Waals surface area (Å²) in [4.78, 5) is 11.1. The van der Waals surface area contributed by atoms with Crippen LogP contribution in [0.15, 0.2) is 0 Å². The smallest absolute Gasteiger partial charge is 0.311 e. The lowest BCUT2D eigenvalue weighted by molar-refractivity contribution is -0.152. The lowest BCUT2D eigenvalue weighted by Gasteiger charge is -2.16. The monoisotopic (exact) mass is 159 g/mol. The first-order valence-corrected chi connectivity index (χ1v) is 3.80. The average molecular weight is 159 g/mol. The second-order valence-corrected chi connectivity index (χ2v) is 3.49. The zero-order valence-electron chi connectivity index (χ0n) is 7.73. The number of carbonyl (C=O) groups is 1. The van der Waals surface area contributed by atoms with Gasteiger partial charge in [-0.2, -0.15) is 0 Å². The quantitative estimate of drug-likeness (QED) is 0.489. The van der Waals surface area contributed by atoms with Gasteiger partial charge in [0.25, 0.3) is 0 Å². The fraction of sp³-hybridized carbons (Fsp3) is 0.875. The third-order valence-corrected chi connectivity index (χ3v) is 1.20. The number of nitrogens with one attached hydrogen (secondary N) is 1. The van der Waals surface area contributed by atoms with Gasteiger partial charge in [0.15, 0.2) is 0 Å². The molecule has 0 aliphatic heterocycles. The van der Waals surface area contributed by atoms with Crippen LogP contribution < -0.4 is 5.32 Å². The Bertz CT molecular complexity index is 127. The molecule has 1 N–H and O–H groups in total. The van der Waals surface area contributed by atoms with Crippen molar-refractivity contribution < 1.29 is 9.53 Å². The van der Waals surface area contributed by atoms with Crippen LogP contribution in [0.3, 0.4) is 0 Å². The number of carbonyl (C=O) groups excluding carboxylic acids is 1. The van der Waals surface area contributed by atoms with E-state index in [0.717, 1.165) is 0 Å². The van der Waals surface area contributed by atoms with Crippen LogP contribution in [0.4, 0.5) is 0 Å². The molecule has 0 aromatic carbocycles. The molecule has 0 aromatic rings. The van der Waals surface area contributed by atoms with Crippen molar-refractivity contribution in [1.29, 1.82) is 0 Å². The lowest BCUT2D eigenvalue weighted by Crippen LogP contribution is -2.26. The van der Waals surface area contributed by atoms with Crippen molar-refractivity contribution >= 4 is 5.97 Å². The molecule has 0 spiro atoms. The minimum atomic E-state index is -0.381. The summed E-state index contributed by atoms with van der Waals surface area (Å²) >= 11 is 0. The van der Waals surface area contributed by atoms with Crippen molar-refractivity contribution in [3.8, 4) is 0 Å². The van der Waals surface area contributed by atoms with Crippen molar-refractivity contribution in [1.82, 2.24) is 5.32 Å². The molecule has 11 heavy (non-hydrogen) atoms. The molecule has 0 radical (unpaired) electrons. The molecule has 0 saturated heterocycles. The standard InChI is InChI=1S/C8H17NO2/c1-8(2,3)7(10)11-6-5-9-4/h9H,5-6H2,1-4H3. The molecule has 0 heterocycles. The average Bonchev–Trinajstić information content (AvgIpc) is 1.86. The van der Waals surface area contributed by atoms with E-state index >= 15 is 0 Å². The molecule has 0 aromatic heterocycles. The summed E-state index contributed by atoms with van der Waals surface area (Å²) in [6.45, 7) is 6.69. The predicted molar refractivity (Wildman–Crippen MR) is 44.3 cm³/mol. The molecule has 0 saturated carbocycles. The summed E-state index contributed by atoms with van der Waals surface area (Å²) in [6.07, 6.45) is 0. The Morgan fingerprint density at radius 2 is 2.00 bits per heavy atom. The fourth-order valence-electron chi connectivity index (χ4n) is 0.462. The Hall–Kier alpha value is -0.570. The van der Waals surface area contributed by atoms with Gasteiger partial charge in [-0.1, -0.05) is 0 Å². The summed E-state index contributed by atoms with van der Waals surface area (Å²) in [5.74, 6) is -0.146. The highest BCUT2D eigenvalue weighted by atomic mass is 16.5. The van der Waals surface area contributed by atoms with Gasteiger partial charge in [0, 0.05) is 6.54 Å². The number of esters is 1. The second-order valence-electron chi connectivity index (χ2n) is 3.49. The minimum Gasteiger partial charge on any atom is -0.464 e. The van der Waals surface area contributed by atoms with Crippen LogP contribution in [-0.2, 0) is 9.53 Å². The normalized spacial score (nSPS) is 11.3. The van der Waals surface area contributed by atoms with E-state index in [4.69, 9.17) is 4.74 Å². The molecule has 0 bridgehead atoms. The Labute approximate surface area is 68.1 Å². The molecular formula is C8H17NO2. The highest BCUT2D eigenvalue weighted by Gasteiger charge is 2.22.